The number of hydrogen-bond acceptors (Lipinski definition) is 3. The number of hydrogen-bond donors (Lipinski definition) is 0. The SMILES string of the molecule is CC1=CC(=O)OC1C/C=C(\C)CC/C=C(\C)CC/C=C(\C)CO[Si](C)(C)C(C)(C)C. The van der Waals surface area contributed by atoms with Crippen LogP contribution in [0.15, 0.2) is 46.6 Å². The third-order valence-corrected chi connectivity index (χ3v) is 10.8. The third kappa shape index (κ3) is 9.61. The van der Waals surface area contributed by atoms with Crippen LogP contribution < -0.4 is 0 Å². The van der Waals surface area contributed by atoms with E-state index in [1.807, 2.05) is 6.92 Å². The lowest BCUT2D eigenvalue weighted by molar-refractivity contribution is -0.138. The van der Waals surface area contributed by atoms with Crippen LogP contribution >= 0.6 is 0 Å². The van der Waals surface area contributed by atoms with E-state index in [0.717, 1.165) is 44.3 Å². The zero-order valence-corrected chi connectivity index (χ0v) is 21.9. The monoisotopic (exact) mass is 432 g/mol. The fourth-order valence-electron chi connectivity index (χ4n) is 2.95. The zero-order chi connectivity index (χ0) is 22.9. The van der Waals surface area contributed by atoms with E-state index in [2.05, 4.69) is 72.9 Å². The molecule has 0 aromatic rings. The maximum Gasteiger partial charge on any atom is 0.331 e. The van der Waals surface area contributed by atoms with Crippen LogP contribution in [-0.4, -0.2) is 27.0 Å². The Hall–Kier alpha value is -1.39. The lowest BCUT2D eigenvalue weighted by Crippen LogP contribution is -2.41. The van der Waals surface area contributed by atoms with Crippen LogP contribution in [0.1, 0.15) is 80.6 Å². The van der Waals surface area contributed by atoms with E-state index in [9.17, 15) is 4.79 Å². The molecule has 1 aliphatic heterocycles. The molecule has 0 fully saturated rings. The van der Waals surface area contributed by atoms with Crippen LogP contribution in [0.4, 0.5) is 0 Å². The number of ether oxygens (including phenoxy) is 1. The van der Waals surface area contributed by atoms with Crippen molar-refractivity contribution in [3.63, 3.8) is 0 Å². The standard InChI is InChI=1S/C26H44O3Si/c1-20(13-11-15-22(3)19-28-30(8,9)26(5,6)7)12-10-14-21(2)16-17-24-23(4)18-25(27)29-24/h12,15-16,18,24H,10-11,13-14,17,19H2,1-9H3/b20-12+,21-16+,22-15+. The largest absolute Gasteiger partial charge is 0.454 e. The van der Waals surface area contributed by atoms with E-state index in [1.165, 1.54) is 16.7 Å². The minimum absolute atomic E-state index is 0.0691. The van der Waals surface area contributed by atoms with Crippen molar-refractivity contribution in [2.45, 2.75) is 105 Å². The molecule has 170 valence electrons. The van der Waals surface area contributed by atoms with Gasteiger partial charge in [0.1, 0.15) is 6.10 Å². The molecule has 3 nitrogen and oxygen atoms in total. The summed E-state index contributed by atoms with van der Waals surface area (Å²) in [5.74, 6) is -0.210. The molecule has 0 aromatic heterocycles. The number of cyclic esters (lactones) is 1. The Morgan fingerprint density at radius 2 is 1.57 bits per heavy atom. The van der Waals surface area contributed by atoms with Gasteiger partial charge in [-0.05, 0) is 77.1 Å². The Balaban J connectivity index is 2.31. The number of esters is 1. The minimum atomic E-state index is -1.67. The van der Waals surface area contributed by atoms with Crippen LogP contribution in [0.25, 0.3) is 0 Å². The summed E-state index contributed by atoms with van der Waals surface area (Å²) in [6.45, 7) is 20.7. The Morgan fingerprint density at radius 1 is 1.03 bits per heavy atom. The average molecular weight is 433 g/mol. The number of allylic oxidation sites excluding steroid dienone is 4. The van der Waals surface area contributed by atoms with Gasteiger partial charge in [-0.15, -0.1) is 0 Å². The van der Waals surface area contributed by atoms with Gasteiger partial charge in [0.2, 0.25) is 0 Å². The Labute approximate surface area is 186 Å². The molecule has 0 saturated heterocycles. The molecule has 1 aliphatic rings. The van der Waals surface area contributed by atoms with E-state index in [4.69, 9.17) is 9.16 Å². The molecule has 0 aromatic carbocycles. The van der Waals surface area contributed by atoms with Crippen molar-refractivity contribution in [3.05, 3.63) is 46.6 Å². The van der Waals surface area contributed by atoms with Gasteiger partial charge in [-0.25, -0.2) is 4.79 Å². The van der Waals surface area contributed by atoms with Gasteiger partial charge in [0.15, 0.2) is 8.32 Å². The zero-order valence-electron chi connectivity index (χ0n) is 20.9. The molecule has 0 amide bonds. The summed E-state index contributed by atoms with van der Waals surface area (Å²) >= 11 is 0. The number of carbonyl (C=O) groups is 1. The lowest BCUT2D eigenvalue weighted by Gasteiger charge is -2.36. The van der Waals surface area contributed by atoms with Crippen molar-refractivity contribution in [1.29, 1.82) is 0 Å². The van der Waals surface area contributed by atoms with Crippen LogP contribution in [0.5, 0.6) is 0 Å². The van der Waals surface area contributed by atoms with E-state index in [-0.39, 0.29) is 17.1 Å². The first kappa shape index (κ1) is 26.6. The van der Waals surface area contributed by atoms with Crippen molar-refractivity contribution in [2.75, 3.05) is 6.61 Å². The van der Waals surface area contributed by atoms with Gasteiger partial charge in [0.25, 0.3) is 0 Å². The third-order valence-electron chi connectivity index (χ3n) is 6.32. The second kappa shape index (κ2) is 11.9. The molecular formula is C26H44O3Si. The van der Waals surface area contributed by atoms with Crippen LogP contribution in [0, 0.1) is 0 Å². The van der Waals surface area contributed by atoms with Crippen LogP contribution in [0.3, 0.4) is 0 Å². The summed E-state index contributed by atoms with van der Waals surface area (Å²) < 4.78 is 11.6. The van der Waals surface area contributed by atoms with Gasteiger partial charge in [-0.3, -0.25) is 0 Å². The summed E-state index contributed by atoms with van der Waals surface area (Å²) in [6, 6.07) is 0. The molecular weight excluding hydrogens is 388 g/mol. The molecule has 0 radical (unpaired) electrons. The van der Waals surface area contributed by atoms with Gasteiger partial charge >= 0.3 is 5.97 Å². The first-order valence-corrected chi connectivity index (χ1v) is 14.2. The van der Waals surface area contributed by atoms with E-state index in [0.29, 0.717) is 0 Å². The topological polar surface area (TPSA) is 35.5 Å². The molecule has 1 heterocycles. The van der Waals surface area contributed by atoms with Crippen molar-refractivity contribution in [3.8, 4) is 0 Å². The summed E-state index contributed by atoms with van der Waals surface area (Å²) in [7, 11) is -1.67. The molecule has 4 heteroatoms. The maximum atomic E-state index is 11.3. The molecule has 0 aliphatic carbocycles. The van der Waals surface area contributed by atoms with E-state index < -0.39 is 8.32 Å². The Bertz CT molecular complexity index is 702. The fourth-order valence-corrected chi connectivity index (χ4v) is 3.98. The van der Waals surface area contributed by atoms with Crippen molar-refractivity contribution < 1.29 is 14.0 Å². The highest BCUT2D eigenvalue weighted by Crippen LogP contribution is 2.36. The van der Waals surface area contributed by atoms with E-state index in [1.54, 1.807) is 6.08 Å². The van der Waals surface area contributed by atoms with Gasteiger partial charge in [0.05, 0.1) is 6.61 Å². The molecule has 1 rings (SSSR count). The van der Waals surface area contributed by atoms with E-state index >= 15 is 0 Å². The second-order valence-corrected chi connectivity index (χ2v) is 15.1. The van der Waals surface area contributed by atoms with Gasteiger partial charge in [-0.2, -0.15) is 0 Å². The molecule has 30 heavy (non-hydrogen) atoms. The van der Waals surface area contributed by atoms with Crippen LogP contribution in [-0.2, 0) is 14.0 Å². The highest BCUT2D eigenvalue weighted by atomic mass is 28.4. The van der Waals surface area contributed by atoms with Gasteiger partial charge in [-0.1, -0.05) is 55.7 Å². The maximum absolute atomic E-state index is 11.3. The number of carbonyl (C=O) groups excluding carboxylic acids is 1. The first-order valence-electron chi connectivity index (χ1n) is 11.3. The Morgan fingerprint density at radius 3 is 2.07 bits per heavy atom. The molecule has 0 N–H and O–H groups in total. The predicted octanol–water partition coefficient (Wildman–Crippen LogP) is 7.67. The molecule has 0 saturated carbocycles. The quantitative estimate of drug-likeness (QED) is 0.191. The van der Waals surface area contributed by atoms with Gasteiger partial charge < -0.3 is 9.16 Å². The number of rotatable bonds is 11. The second-order valence-electron chi connectivity index (χ2n) is 10.3. The normalized spacial score (nSPS) is 19.2. The highest BCUT2D eigenvalue weighted by molar-refractivity contribution is 6.74. The first-order chi connectivity index (χ1) is 13.8. The average Bonchev–Trinajstić information content (AvgIpc) is 2.94. The van der Waals surface area contributed by atoms with Crippen molar-refractivity contribution >= 4 is 14.3 Å². The smallest absolute Gasteiger partial charge is 0.331 e. The van der Waals surface area contributed by atoms with Crippen molar-refractivity contribution in [1.82, 2.24) is 0 Å². The molecule has 1 unspecified atom stereocenters. The summed E-state index contributed by atoms with van der Waals surface area (Å²) in [6.07, 6.45) is 13.5. The molecule has 0 bridgehead atoms. The summed E-state index contributed by atoms with van der Waals surface area (Å²) in [4.78, 5) is 11.3. The summed E-state index contributed by atoms with van der Waals surface area (Å²) in [5.41, 5.74) is 5.16. The lowest BCUT2D eigenvalue weighted by atomic mass is 10.0. The Kier molecular flexibility index (Phi) is 10.5. The van der Waals surface area contributed by atoms with Gasteiger partial charge in [0, 0.05) is 12.5 Å². The highest BCUT2D eigenvalue weighted by Gasteiger charge is 2.36. The van der Waals surface area contributed by atoms with Crippen LogP contribution in [0.2, 0.25) is 18.1 Å². The van der Waals surface area contributed by atoms with Crippen molar-refractivity contribution in [2.24, 2.45) is 0 Å². The molecule has 0 spiro atoms. The minimum Gasteiger partial charge on any atom is -0.454 e. The molecule has 1 atom stereocenters. The fraction of sp³-hybridized carbons (Fsp3) is 0.654. The predicted molar refractivity (Wildman–Crippen MR) is 131 cm³/mol. The summed E-state index contributed by atoms with van der Waals surface area (Å²) in [5, 5.41) is 0.260.